The van der Waals surface area contributed by atoms with Crippen molar-refractivity contribution in [2.24, 2.45) is 0 Å². The Morgan fingerprint density at radius 3 is 2.22 bits per heavy atom. The van der Waals surface area contributed by atoms with Gasteiger partial charge < -0.3 is 9.47 Å². The van der Waals surface area contributed by atoms with Gasteiger partial charge in [0.1, 0.15) is 11.3 Å². The number of ether oxygens (including phenoxy) is 2. The topological polar surface area (TPSA) is 52.6 Å². The monoisotopic (exact) mass is 312 g/mol. The second-order valence-corrected chi connectivity index (χ2v) is 5.52. The average molecular weight is 312 g/mol. The predicted octanol–water partition coefficient (Wildman–Crippen LogP) is 3.90. The summed E-state index contributed by atoms with van der Waals surface area (Å²) in [6.07, 6.45) is 0. The Labute approximate surface area is 136 Å². The number of hydrogen-bond acceptors (Lipinski definition) is 4. The lowest BCUT2D eigenvalue weighted by atomic mass is 9.96. The number of Topliss-reactive ketones (excluding diaryl/α,β-unsaturated/α-hetero) is 1. The van der Waals surface area contributed by atoms with E-state index >= 15 is 0 Å². The molecule has 120 valence electrons. The van der Waals surface area contributed by atoms with Gasteiger partial charge in [0.25, 0.3) is 0 Å². The summed E-state index contributed by atoms with van der Waals surface area (Å²) < 4.78 is 10.9. The molecule has 0 aliphatic heterocycles. The SMILES string of the molecule is CCOC(=O)c1ccccc1OC(C)(C)C(=O)c1ccccc1. The zero-order chi connectivity index (χ0) is 16.9. The number of hydrogen-bond donors (Lipinski definition) is 0. The fraction of sp³-hybridized carbons (Fsp3) is 0.263. The number of benzene rings is 2. The first-order chi connectivity index (χ1) is 11.0. The maximum absolute atomic E-state index is 12.6. The summed E-state index contributed by atoms with van der Waals surface area (Å²) in [5, 5.41) is 0. The molecule has 0 bridgehead atoms. The van der Waals surface area contributed by atoms with Crippen molar-refractivity contribution in [1.29, 1.82) is 0 Å². The molecule has 2 aromatic rings. The number of carbonyl (C=O) groups is 2. The van der Waals surface area contributed by atoms with Crippen LogP contribution < -0.4 is 4.74 Å². The lowest BCUT2D eigenvalue weighted by molar-refractivity contribution is 0.0484. The van der Waals surface area contributed by atoms with Gasteiger partial charge in [-0.3, -0.25) is 4.79 Å². The Bertz CT molecular complexity index is 690. The summed E-state index contributed by atoms with van der Waals surface area (Å²) in [5.41, 5.74) is -0.237. The molecule has 23 heavy (non-hydrogen) atoms. The second kappa shape index (κ2) is 7.09. The van der Waals surface area contributed by atoms with Gasteiger partial charge in [-0.2, -0.15) is 0 Å². The first kappa shape index (κ1) is 16.7. The molecule has 0 fully saturated rings. The molecule has 0 saturated heterocycles. The molecule has 4 nitrogen and oxygen atoms in total. The highest BCUT2D eigenvalue weighted by Gasteiger charge is 2.32. The van der Waals surface area contributed by atoms with Crippen LogP contribution in [0.5, 0.6) is 5.75 Å². The summed E-state index contributed by atoms with van der Waals surface area (Å²) in [4.78, 5) is 24.6. The summed E-state index contributed by atoms with van der Waals surface area (Å²) in [5.74, 6) is -0.289. The van der Waals surface area contributed by atoms with E-state index in [1.807, 2.05) is 6.07 Å². The number of esters is 1. The van der Waals surface area contributed by atoms with Gasteiger partial charge in [-0.05, 0) is 32.9 Å². The zero-order valence-electron chi connectivity index (χ0n) is 13.5. The minimum absolute atomic E-state index is 0.156. The lowest BCUT2D eigenvalue weighted by Gasteiger charge is -2.26. The minimum atomic E-state index is -1.11. The second-order valence-electron chi connectivity index (χ2n) is 5.52. The molecule has 0 unspecified atom stereocenters. The Balaban J connectivity index is 2.27. The van der Waals surface area contributed by atoms with E-state index in [0.29, 0.717) is 16.9 Å². The van der Waals surface area contributed by atoms with Crippen molar-refractivity contribution in [3.05, 3.63) is 65.7 Å². The lowest BCUT2D eigenvalue weighted by Crippen LogP contribution is -2.38. The first-order valence-corrected chi connectivity index (χ1v) is 7.50. The maximum Gasteiger partial charge on any atom is 0.341 e. The largest absolute Gasteiger partial charge is 0.479 e. The van der Waals surface area contributed by atoms with E-state index in [2.05, 4.69) is 0 Å². The van der Waals surface area contributed by atoms with Crippen LogP contribution in [-0.2, 0) is 4.74 Å². The Kier molecular flexibility index (Phi) is 5.16. The van der Waals surface area contributed by atoms with Crippen LogP contribution in [0.1, 0.15) is 41.5 Å². The molecule has 2 rings (SSSR count). The number of ketones is 1. The van der Waals surface area contributed by atoms with Crippen molar-refractivity contribution >= 4 is 11.8 Å². The van der Waals surface area contributed by atoms with Crippen LogP contribution in [0.4, 0.5) is 0 Å². The van der Waals surface area contributed by atoms with Crippen LogP contribution in [-0.4, -0.2) is 24.0 Å². The van der Waals surface area contributed by atoms with E-state index in [1.54, 1.807) is 69.3 Å². The Morgan fingerprint density at radius 1 is 0.957 bits per heavy atom. The van der Waals surface area contributed by atoms with Crippen LogP contribution in [0.3, 0.4) is 0 Å². The van der Waals surface area contributed by atoms with Crippen molar-refractivity contribution in [2.75, 3.05) is 6.61 Å². The normalized spacial score (nSPS) is 10.9. The predicted molar refractivity (Wildman–Crippen MR) is 87.9 cm³/mol. The molecule has 0 N–H and O–H groups in total. The van der Waals surface area contributed by atoms with E-state index in [1.165, 1.54) is 0 Å². The van der Waals surface area contributed by atoms with Gasteiger partial charge in [-0.25, -0.2) is 4.79 Å². The average Bonchev–Trinajstić information content (AvgIpc) is 2.55. The molecule has 4 heteroatoms. The fourth-order valence-electron chi connectivity index (χ4n) is 2.19. The van der Waals surface area contributed by atoms with Gasteiger partial charge in [0.05, 0.1) is 6.61 Å². The number of rotatable bonds is 6. The molecule has 2 aromatic carbocycles. The zero-order valence-corrected chi connectivity index (χ0v) is 13.5. The highest BCUT2D eigenvalue weighted by molar-refractivity contribution is 6.02. The summed E-state index contributed by atoms with van der Waals surface area (Å²) in [7, 11) is 0. The van der Waals surface area contributed by atoms with E-state index in [0.717, 1.165) is 0 Å². The van der Waals surface area contributed by atoms with E-state index < -0.39 is 11.6 Å². The highest BCUT2D eigenvalue weighted by Crippen LogP contribution is 2.26. The van der Waals surface area contributed by atoms with Crippen molar-refractivity contribution in [3.8, 4) is 5.75 Å². The van der Waals surface area contributed by atoms with Crippen molar-refractivity contribution in [2.45, 2.75) is 26.4 Å². The van der Waals surface area contributed by atoms with Gasteiger partial charge >= 0.3 is 5.97 Å². The molecular formula is C19H20O4. The van der Waals surface area contributed by atoms with Crippen LogP contribution in [0.15, 0.2) is 54.6 Å². The van der Waals surface area contributed by atoms with E-state index in [4.69, 9.17) is 9.47 Å². The molecule has 0 aliphatic carbocycles. The standard InChI is InChI=1S/C19H20O4/c1-4-22-18(21)15-12-8-9-13-16(15)23-19(2,3)17(20)14-10-6-5-7-11-14/h5-13H,4H2,1-3H3. The van der Waals surface area contributed by atoms with E-state index in [-0.39, 0.29) is 12.4 Å². The molecule has 0 amide bonds. The smallest absolute Gasteiger partial charge is 0.341 e. The molecule has 0 heterocycles. The molecule has 0 atom stereocenters. The van der Waals surface area contributed by atoms with Crippen molar-refractivity contribution in [1.82, 2.24) is 0 Å². The maximum atomic E-state index is 12.6. The summed E-state index contributed by atoms with van der Waals surface area (Å²) in [6, 6.07) is 15.7. The van der Waals surface area contributed by atoms with Crippen molar-refractivity contribution in [3.63, 3.8) is 0 Å². The molecular weight excluding hydrogens is 292 g/mol. The molecule has 0 aromatic heterocycles. The van der Waals surface area contributed by atoms with Gasteiger partial charge in [-0.15, -0.1) is 0 Å². The minimum Gasteiger partial charge on any atom is -0.479 e. The molecule has 0 radical (unpaired) electrons. The van der Waals surface area contributed by atoms with E-state index in [9.17, 15) is 9.59 Å². The first-order valence-electron chi connectivity index (χ1n) is 7.50. The third-order valence-corrected chi connectivity index (χ3v) is 3.33. The fourth-order valence-corrected chi connectivity index (χ4v) is 2.19. The van der Waals surface area contributed by atoms with Crippen LogP contribution >= 0.6 is 0 Å². The highest BCUT2D eigenvalue weighted by atomic mass is 16.5. The van der Waals surface area contributed by atoms with Crippen LogP contribution in [0.2, 0.25) is 0 Å². The molecule has 0 spiro atoms. The Morgan fingerprint density at radius 2 is 1.57 bits per heavy atom. The van der Waals surface area contributed by atoms with Gasteiger partial charge in [0.2, 0.25) is 5.78 Å². The van der Waals surface area contributed by atoms with Crippen molar-refractivity contribution < 1.29 is 19.1 Å². The number of carbonyl (C=O) groups excluding carboxylic acids is 2. The quantitative estimate of drug-likeness (QED) is 0.599. The molecule has 0 saturated carbocycles. The van der Waals surface area contributed by atoms with Gasteiger partial charge in [0.15, 0.2) is 5.60 Å². The summed E-state index contributed by atoms with van der Waals surface area (Å²) >= 11 is 0. The van der Waals surface area contributed by atoms with Gasteiger partial charge in [-0.1, -0.05) is 42.5 Å². The van der Waals surface area contributed by atoms with Crippen LogP contribution in [0.25, 0.3) is 0 Å². The third-order valence-electron chi connectivity index (χ3n) is 3.33. The van der Waals surface area contributed by atoms with Crippen LogP contribution in [0, 0.1) is 0 Å². The number of para-hydroxylation sites is 1. The Hall–Kier alpha value is -2.62. The summed E-state index contributed by atoms with van der Waals surface area (Å²) in [6.45, 7) is 5.39. The third kappa shape index (κ3) is 3.97. The van der Waals surface area contributed by atoms with Gasteiger partial charge in [0, 0.05) is 5.56 Å². The molecule has 0 aliphatic rings.